The molecule has 0 aromatic rings. The number of nitrogens with zero attached hydrogens (tertiary/aromatic N) is 4. The van der Waals surface area contributed by atoms with Gasteiger partial charge in [0.15, 0.2) is 0 Å². The van der Waals surface area contributed by atoms with Gasteiger partial charge in [0.05, 0.1) is 5.41 Å². The van der Waals surface area contributed by atoms with Crippen LogP contribution in [0.2, 0.25) is 0 Å². The molecule has 0 radical (unpaired) electrons. The van der Waals surface area contributed by atoms with Crippen molar-refractivity contribution in [2.45, 2.75) is 220 Å². The fraction of sp³-hybridized carbons (Fsp3) is 0.978. The molecule has 0 aliphatic carbocycles. The van der Waals surface area contributed by atoms with Crippen LogP contribution < -0.4 is 0 Å². The lowest BCUT2D eigenvalue weighted by molar-refractivity contribution is -0.245. The van der Waals surface area contributed by atoms with Crippen molar-refractivity contribution in [1.29, 1.82) is 0 Å². The summed E-state index contributed by atoms with van der Waals surface area (Å²) in [4.78, 5) is 26.0. The summed E-state index contributed by atoms with van der Waals surface area (Å²) in [7, 11) is 9.22. The molecule has 4 aliphatic heterocycles. The first-order valence-corrected chi connectivity index (χ1v) is 20.8. The molecule has 4 heterocycles. The van der Waals surface area contributed by atoms with E-state index in [4.69, 9.17) is 0 Å². The molecule has 0 bridgehead atoms. The van der Waals surface area contributed by atoms with Gasteiger partial charge in [-0.25, -0.2) is 0 Å². The van der Waals surface area contributed by atoms with Crippen LogP contribution in [0.15, 0.2) is 0 Å². The van der Waals surface area contributed by atoms with E-state index in [2.05, 4.69) is 165 Å². The minimum atomic E-state index is -0.910. The zero-order chi connectivity index (χ0) is 39.6. The SMILES string of the molecule is CCC(C1CC(C)(C)N(C)C(C)(C)C1)(C1CC(C)(C)N(C)C(C)(C)C1)C(C(=O)O)(C1CC(C)(C)N(C)C(C)(C)C1)C1CC(C)(C)N(C)C(C)(C)C1. The largest absolute Gasteiger partial charge is 0.481 e. The number of hydrogen-bond donors (Lipinski definition) is 1. The highest BCUT2D eigenvalue weighted by atomic mass is 16.4. The molecule has 0 aromatic carbocycles. The minimum Gasteiger partial charge on any atom is -0.481 e. The second-order valence-electron chi connectivity index (χ2n) is 23.7. The zero-order valence-electron chi connectivity index (χ0n) is 37.8. The van der Waals surface area contributed by atoms with Crippen LogP contribution in [0.4, 0.5) is 0 Å². The molecule has 4 rings (SSSR count). The average molecular weight is 715 g/mol. The summed E-state index contributed by atoms with van der Waals surface area (Å²) in [5.74, 6) is 0.157. The third kappa shape index (κ3) is 6.60. The number of likely N-dealkylation sites (tertiary alicyclic amines) is 4. The normalized spacial score (nSPS) is 31.1. The number of carbonyl (C=O) groups is 1. The fourth-order valence-corrected chi connectivity index (χ4v) is 14.4. The topological polar surface area (TPSA) is 50.3 Å². The van der Waals surface area contributed by atoms with Gasteiger partial charge in [0, 0.05) is 44.3 Å². The number of piperidine rings is 4. The summed E-state index contributed by atoms with van der Waals surface area (Å²) in [6, 6.07) is 0. The van der Waals surface area contributed by atoms with Crippen molar-refractivity contribution in [1.82, 2.24) is 19.6 Å². The lowest BCUT2D eigenvalue weighted by Crippen LogP contribution is -2.74. The molecule has 6 heteroatoms. The highest BCUT2D eigenvalue weighted by Gasteiger charge is 2.73. The van der Waals surface area contributed by atoms with Crippen LogP contribution in [-0.2, 0) is 4.79 Å². The Labute approximate surface area is 317 Å². The van der Waals surface area contributed by atoms with Crippen LogP contribution in [0.3, 0.4) is 0 Å². The summed E-state index contributed by atoms with van der Waals surface area (Å²) in [6.45, 7) is 41.1. The zero-order valence-corrected chi connectivity index (χ0v) is 37.8. The Morgan fingerprint density at radius 1 is 0.451 bits per heavy atom. The van der Waals surface area contributed by atoms with Crippen LogP contribution in [0.5, 0.6) is 0 Å². The van der Waals surface area contributed by atoms with Crippen LogP contribution in [0.25, 0.3) is 0 Å². The summed E-state index contributed by atoms with van der Waals surface area (Å²) in [6.07, 6.45) is 8.66. The van der Waals surface area contributed by atoms with Crippen LogP contribution in [0, 0.1) is 34.5 Å². The van der Waals surface area contributed by atoms with E-state index in [1.54, 1.807) is 0 Å². The van der Waals surface area contributed by atoms with Crippen molar-refractivity contribution in [3.8, 4) is 0 Å². The maximum atomic E-state index is 15.6. The number of carboxylic acids is 1. The highest BCUT2D eigenvalue weighted by molar-refractivity contribution is 5.77. The van der Waals surface area contributed by atoms with E-state index in [0.717, 1.165) is 57.8 Å². The van der Waals surface area contributed by atoms with Gasteiger partial charge in [0.1, 0.15) is 0 Å². The van der Waals surface area contributed by atoms with E-state index < -0.39 is 16.8 Å². The maximum absolute atomic E-state index is 15.6. The summed E-state index contributed by atoms with van der Waals surface area (Å²) >= 11 is 0. The van der Waals surface area contributed by atoms with Crippen molar-refractivity contribution >= 4 is 5.97 Å². The lowest BCUT2D eigenvalue weighted by Gasteiger charge is -2.72. The van der Waals surface area contributed by atoms with Crippen LogP contribution in [-0.4, -0.2) is 103 Å². The Kier molecular flexibility index (Phi) is 10.7. The average Bonchev–Trinajstić information content (AvgIpc) is 2.93. The predicted octanol–water partition coefficient (Wildman–Crippen LogP) is 10.0. The third-order valence-electron chi connectivity index (χ3n) is 17.7. The van der Waals surface area contributed by atoms with Crippen molar-refractivity contribution in [2.75, 3.05) is 28.2 Å². The number of hydrogen-bond acceptors (Lipinski definition) is 5. The van der Waals surface area contributed by atoms with Gasteiger partial charge in [-0.1, -0.05) is 6.92 Å². The summed E-state index contributed by atoms with van der Waals surface area (Å²) < 4.78 is 0. The Hall–Kier alpha value is -0.690. The Balaban J connectivity index is 2.23. The van der Waals surface area contributed by atoms with E-state index in [-0.39, 0.29) is 68.0 Å². The molecule has 6 nitrogen and oxygen atoms in total. The monoisotopic (exact) mass is 715 g/mol. The van der Waals surface area contributed by atoms with Gasteiger partial charge in [0.2, 0.25) is 0 Å². The summed E-state index contributed by atoms with van der Waals surface area (Å²) in [5, 5.41) is 12.8. The first-order chi connectivity index (χ1) is 22.6. The molecule has 0 unspecified atom stereocenters. The van der Waals surface area contributed by atoms with E-state index >= 15 is 4.79 Å². The van der Waals surface area contributed by atoms with Crippen LogP contribution >= 0.6 is 0 Å². The molecule has 4 saturated heterocycles. The molecule has 4 aliphatic rings. The molecule has 0 amide bonds. The standard InChI is InChI=1S/C45H86N4O2/c1-22-44(31-23-36(2,3)46(18)37(4,5)24-31,32-25-38(6,7)47(19)39(8,9)26-32)45(35(50)51,33-27-40(10,11)48(20)41(12,13)28-33)34-29-42(14,15)49(21)43(16,17)30-34/h31-34H,22-30H2,1-21H3,(H,50,51). The molecule has 0 spiro atoms. The molecule has 4 fully saturated rings. The van der Waals surface area contributed by atoms with Crippen molar-refractivity contribution in [3.05, 3.63) is 0 Å². The molecule has 0 aromatic heterocycles. The molecule has 0 saturated carbocycles. The molecule has 0 atom stereocenters. The van der Waals surface area contributed by atoms with E-state index in [0.29, 0.717) is 0 Å². The van der Waals surface area contributed by atoms with Crippen molar-refractivity contribution in [3.63, 3.8) is 0 Å². The third-order valence-corrected chi connectivity index (χ3v) is 17.7. The Bertz CT molecular complexity index is 1150. The van der Waals surface area contributed by atoms with Gasteiger partial charge < -0.3 is 5.11 Å². The highest BCUT2D eigenvalue weighted by Crippen LogP contribution is 2.72. The van der Waals surface area contributed by atoms with Gasteiger partial charge >= 0.3 is 5.97 Å². The number of aliphatic carboxylic acids is 1. The lowest BCUT2D eigenvalue weighted by atomic mass is 9.36. The molecule has 298 valence electrons. The number of carboxylic acid groups (broad SMARTS) is 1. The molecular formula is C45H86N4O2. The molecule has 51 heavy (non-hydrogen) atoms. The Morgan fingerprint density at radius 2 is 0.627 bits per heavy atom. The Morgan fingerprint density at radius 3 is 0.784 bits per heavy atom. The van der Waals surface area contributed by atoms with Gasteiger partial charge in [-0.3, -0.25) is 24.4 Å². The molecule has 1 N–H and O–H groups in total. The van der Waals surface area contributed by atoms with Gasteiger partial charge in [-0.05, 0) is 226 Å². The second-order valence-corrected chi connectivity index (χ2v) is 23.7. The van der Waals surface area contributed by atoms with Gasteiger partial charge in [0.25, 0.3) is 0 Å². The van der Waals surface area contributed by atoms with Crippen molar-refractivity contribution < 1.29 is 9.90 Å². The molecular weight excluding hydrogens is 629 g/mol. The summed E-state index contributed by atoms with van der Waals surface area (Å²) in [5.41, 5.74) is -2.03. The van der Waals surface area contributed by atoms with E-state index in [1.165, 1.54) is 0 Å². The quantitative estimate of drug-likeness (QED) is 0.283. The van der Waals surface area contributed by atoms with Gasteiger partial charge in [-0.15, -0.1) is 0 Å². The number of rotatable bonds is 7. The maximum Gasteiger partial charge on any atom is 0.310 e. The smallest absolute Gasteiger partial charge is 0.310 e. The minimum absolute atomic E-state index is 0.0490. The van der Waals surface area contributed by atoms with Crippen LogP contribution in [0.1, 0.15) is 175 Å². The fourth-order valence-electron chi connectivity index (χ4n) is 14.4. The van der Waals surface area contributed by atoms with Gasteiger partial charge in [-0.2, -0.15) is 0 Å². The first kappa shape index (κ1) is 43.0. The first-order valence-electron chi connectivity index (χ1n) is 20.8. The van der Waals surface area contributed by atoms with Crippen molar-refractivity contribution in [2.24, 2.45) is 34.5 Å². The predicted molar refractivity (Wildman–Crippen MR) is 217 cm³/mol. The van der Waals surface area contributed by atoms with E-state index in [9.17, 15) is 5.11 Å². The second kappa shape index (κ2) is 12.7. The van der Waals surface area contributed by atoms with E-state index in [1.807, 2.05) is 0 Å².